The van der Waals surface area contributed by atoms with Crippen molar-refractivity contribution in [3.63, 3.8) is 0 Å². The lowest BCUT2D eigenvalue weighted by molar-refractivity contribution is -0.164. The van der Waals surface area contributed by atoms with Gasteiger partial charge in [0.1, 0.15) is 47.8 Å². The Balaban J connectivity index is 1.44. The lowest BCUT2D eigenvalue weighted by atomic mass is 9.81. The molecule has 0 aromatic heterocycles. The number of rotatable bonds is 12. The van der Waals surface area contributed by atoms with Gasteiger partial charge in [0.25, 0.3) is 0 Å². The van der Waals surface area contributed by atoms with Gasteiger partial charge in [-0.3, -0.25) is 57.5 Å². The van der Waals surface area contributed by atoms with Gasteiger partial charge in [-0.05, 0) is 87.3 Å². The predicted octanol–water partition coefficient (Wildman–Crippen LogP) is 3.63. The van der Waals surface area contributed by atoms with E-state index in [2.05, 4.69) is 16.0 Å². The van der Waals surface area contributed by atoms with Gasteiger partial charge in [0.2, 0.25) is 70.9 Å². The molecule has 5 aliphatic rings. The van der Waals surface area contributed by atoms with E-state index >= 15 is 19.2 Å². The molecule has 2 aliphatic carbocycles. The fraction of sp³-hybridized carbons (Fsp3) is 0.731. The lowest BCUT2D eigenvalue weighted by Crippen LogP contribution is -2.65. The van der Waals surface area contributed by atoms with E-state index in [1.54, 1.807) is 13.8 Å². The van der Waals surface area contributed by atoms with Crippen molar-refractivity contribution in [2.24, 2.45) is 11.8 Å². The second-order valence-corrected chi connectivity index (χ2v) is 27.7. The molecule has 0 radical (unpaired) electrons. The predicted molar refractivity (Wildman–Crippen MR) is 352 cm³/mol. The van der Waals surface area contributed by atoms with Crippen molar-refractivity contribution < 1.29 is 93.4 Å². The van der Waals surface area contributed by atoms with Crippen molar-refractivity contribution in [2.45, 2.75) is 190 Å². The number of aryl methyl sites for hydroxylation is 1. The van der Waals surface area contributed by atoms with E-state index in [1.807, 2.05) is 0 Å². The maximum Gasteiger partial charge on any atom is 0.417 e. The highest BCUT2D eigenvalue weighted by Gasteiger charge is 2.52. The van der Waals surface area contributed by atoms with E-state index < -0.39 is 193 Å². The number of halogens is 7. The number of amides is 12. The molecule has 3 saturated heterocycles. The average molecular weight is 1450 g/mol. The minimum atomic E-state index is -5.12. The first-order valence-corrected chi connectivity index (χ1v) is 34.7. The van der Waals surface area contributed by atoms with Crippen LogP contribution in [0.15, 0.2) is 18.2 Å². The summed E-state index contributed by atoms with van der Waals surface area (Å²) in [6.45, 7) is 2.54. The fourth-order valence-electron chi connectivity index (χ4n) is 13.8. The van der Waals surface area contributed by atoms with E-state index in [4.69, 9.17) is 21.1 Å². The number of carbonyl (C=O) groups excluding carboxylic acids is 12. The van der Waals surface area contributed by atoms with Crippen LogP contribution in [-0.2, 0) is 79.6 Å². The second-order valence-electron chi connectivity index (χ2n) is 27.2. The Labute approximate surface area is 585 Å². The monoisotopic (exact) mass is 1440 g/mol. The third-order valence-electron chi connectivity index (χ3n) is 20.1. The van der Waals surface area contributed by atoms with Gasteiger partial charge in [0.15, 0.2) is 0 Å². The van der Waals surface area contributed by atoms with Gasteiger partial charge in [-0.1, -0.05) is 77.0 Å². The maximum absolute atomic E-state index is 15.7. The van der Waals surface area contributed by atoms with Crippen LogP contribution in [0.5, 0.6) is 0 Å². The number of nitrogens with zero attached hydrogens (tertiary/aromatic N) is 9. The molecule has 1 spiro atoms. The zero-order valence-corrected chi connectivity index (χ0v) is 59.7. The Morgan fingerprint density at radius 3 is 1.90 bits per heavy atom. The number of ether oxygens (including phenoxy) is 2. The Hall–Kier alpha value is -7.35. The zero-order valence-electron chi connectivity index (χ0n) is 58.9. The number of alkyl halides is 6. The Kier molecular flexibility index (Phi) is 29.4. The van der Waals surface area contributed by atoms with Crippen molar-refractivity contribution in [3.05, 3.63) is 34.3 Å². The molecule has 1 aromatic rings. The number of hydrogen-bond donors (Lipinski definition) is 3. The van der Waals surface area contributed by atoms with E-state index in [9.17, 15) is 64.7 Å². The highest BCUT2D eigenvalue weighted by molar-refractivity contribution is 6.31. The van der Waals surface area contributed by atoms with Gasteiger partial charge < -0.3 is 69.5 Å². The first kappa shape index (κ1) is 81.6. The molecule has 5 fully saturated rings. The molecule has 3 heterocycles. The Bertz CT molecular complexity index is 3110. The van der Waals surface area contributed by atoms with E-state index in [1.165, 1.54) is 63.9 Å². The number of fused-ring (bicyclic) bond motifs is 1. The molecule has 26 nitrogen and oxygen atoms in total. The van der Waals surface area contributed by atoms with Crippen molar-refractivity contribution >= 4 is 82.5 Å². The molecular formula is C67H99ClF6N12O14. The first-order chi connectivity index (χ1) is 47.0. The fourth-order valence-corrected chi connectivity index (χ4v) is 14.1. The molecule has 0 unspecified atom stereocenters. The summed E-state index contributed by atoms with van der Waals surface area (Å²) in [6, 6.07) is -8.28. The summed E-state index contributed by atoms with van der Waals surface area (Å²) >= 11 is 6.11. The van der Waals surface area contributed by atoms with Crippen LogP contribution in [0, 0.1) is 11.8 Å². The van der Waals surface area contributed by atoms with Gasteiger partial charge in [-0.25, -0.2) is 0 Å². The molecule has 100 heavy (non-hydrogen) atoms. The quantitative estimate of drug-likeness (QED) is 0.199. The smallest absolute Gasteiger partial charge is 0.379 e. The number of benzene rings is 1. The maximum atomic E-state index is 15.7. The number of likely N-dealkylation sites (N-methyl/N-ethyl adjacent to an activating group) is 7. The second kappa shape index (κ2) is 36.0. The first-order valence-electron chi connectivity index (χ1n) is 34.3. The molecule has 33 heteroatoms. The highest BCUT2D eigenvalue weighted by atomic mass is 35.5. The Morgan fingerprint density at radius 1 is 0.680 bits per heavy atom. The SMILES string of the molecule is CCCOC[C@H]1C(=O)N(C)CC(=O)N[C@@H](CCc2ccc(C(F)(F)F)c(Cl)c2)C(=O)N2CCC[C@H]2C(=O)NC2(CCCC2)C(=O)N(C)[C@@H](C2CCCCC2)C(=O)N(C)[C@H](C(=O)N2CCOCC2)CC(=O)N(C)[C@@H](CC(F)(F)F)C(=O)N[C@@H]([C@@H](C)CC)C(=O)N(C)CC(=O)N(C)CC(=O)N1C. The number of carbonyl (C=O) groups is 12. The normalized spacial score (nSPS) is 25.9. The average Bonchev–Trinajstić information content (AvgIpc) is 1.39. The minimum Gasteiger partial charge on any atom is -0.379 e. The van der Waals surface area contributed by atoms with Crippen LogP contribution in [0.1, 0.15) is 135 Å². The summed E-state index contributed by atoms with van der Waals surface area (Å²) in [5.41, 5.74) is -2.55. The van der Waals surface area contributed by atoms with Gasteiger partial charge in [-0.15, -0.1) is 0 Å². The van der Waals surface area contributed by atoms with E-state index in [0.29, 0.717) is 49.8 Å². The largest absolute Gasteiger partial charge is 0.417 e. The van der Waals surface area contributed by atoms with Gasteiger partial charge in [0, 0.05) is 75.6 Å². The molecule has 0 bridgehead atoms. The standard InChI is InChI=1S/C67H99ClF6N12O14/c1-11-31-100-40-50-60(94)79(5)37-51(87)75-46(25-23-42-22-24-44(45(68)34-42)67(72,73)74)59(93)86-28-18-21-47(86)58(92)77-65(26-16-17-27-65)64(98)84(10)56(43-19-14-13-15-20-43)63(97)83(9)48(61(95)85-29-32-99-33-30-85)35-52(88)81(7)49(36-66(69,70)71)57(91)76-55(41(3)12-2)62(96)80(6)38-53(89)78(4)39-54(90)82(50)8/h22,24,34,41,43,46-50,55-56H,11-21,23,25-33,35-40H2,1-10H3,(H,75,87)(H,76,91)(H,77,92)/t41-,46-,47-,48-,49-,50-,55-,56-/m0/s1. The summed E-state index contributed by atoms with van der Waals surface area (Å²) < 4.78 is 97.0. The zero-order chi connectivity index (χ0) is 74.3. The van der Waals surface area contributed by atoms with Crippen LogP contribution in [0.4, 0.5) is 26.3 Å². The molecule has 3 N–H and O–H groups in total. The van der Waals surface area contributed by atoms with Gasteiger partial charge >= 0.3 is 12.4 Å². The molecule has 8 atom stereocenters. The molecule has 1 aromatic carbocycles. The Morgan fingerprint density at radius 2 is 1.30 bits per heavy atom. The van der Waals surface area contributed by atoms with Crippen LogP contribution < -0.4 is 16.0 Å². The van der Waals surface area contributed by atoms with Crippen LogP contribution in [0.25, 0.3) is 0 Å². The van der Waals surface area contributed by atoms with Crippen LogP contribution >= 0.6 is 11.6 Å². The summed E-state index contributed by atoms with van der Waals surface area (Å²) in [5, 5.41) is 7.42. The van der Waals surface area contributed by atoms with Gasteiger partial charge in [0.05, 0.1) is 62.9 Å². The van der Waals surface area contributed by atoms with Gasteiger partial charge in [-0.2, -0.15) is 26.3 Å². The van der Waals surface area contributed by atoms with Crippen molar-refractivity contribution in [2.75, 3.05) is 115 Å². The topological polar surface area (TPSA) is 289 Å². The summed E-state index contributed by atoms with van der Waals surface area (Å²) in [7, 11) is 8.45. The van der Waals surface area contributed by atoms with Crippen molar-refractivity contribution in [1.82, 2.24) is 60.0 Å². The van der Waals surface area contributed by atoms with E-state index in [0.717, 1.165) is 56.2 Å². The van der Waals surface area contributed by atoms with Crippen molar-refractivity contribution in [1.29, 1.82) is 0 Å². The van der Waals surface area contributed by atoms with Crippen LogP contribution in [0.3, 0.4) is 0 Å². The lowest BCUT2D eigenvalue weighted by Gasteiger charge is -2.43. The summed E-state index contributed by atoms with van der Waals surface area (Å²) in [4.78, 5) is 186. The molecule has 12 amide bonds. The molecule has 3 aliphatic heterocycles. The number of nitrogens with one attached hydrogen (secondary N) is 3. The molecule has 2 saturated carbocycles. The summed E-state index contributed by atoms with van der Waals surface area (Å²) in [6.07, 6.45) is -8.36. The van der Waals surface area contributed by atoms with E-state index in [-0.39, 0.29) is 90.0 Å². The highest BCUT2D eigenvalue weighted by Crippen LogP contribution is 2.38. The number of hydrogen-bond acceptors (Lipinski definition) is 14. The minimum absolute atomic E-state index is 0.00341. The van der Waals surface area contributed by atoms with Crippen LogP contribution in [0.2, 0.25) is 5.02 Å². The van der Waals surface area contributed by atoms with Crippen molar-refractivity contribution in [3.8, 4) is 0 Å². The van der Waals surface area contributed by atoms with Crippen LogP contribution in [-0.4, -0.2) is 284 Å². The molecular weight excluding hydrogens is 1350 g/mol. The third-order valence-corrected chi connectivity index (χ3v) is 20.4. The molecule has 6 rings (SSSR count). The molecule has 560 valence electrons. The third kappa shape index (κ3) is 20.9. The summed E-state index contributed by atoms with van der Waals surface area (Å²) in [5.74, 6) is -12.2. The number of morpholine rings is 1.